The Morgan fingerprint density at radius 2 is 1.70 bits per heavy atom. The average molecular weight is 272 g/mol. The fourth-order valence-corrected chi connectivity index (χ4v) is 1.91. The van der Waals surface area contributed by atoms with Gasteiger partial charge in [-0.15, -0.1) is 0 Å². The number of benzene rings is 1. The number of carbonyl (C=O) groups excluding carboxylic acids is 1. The zero-order valence-electron chi connectivity index (χ0n) is 12.3. The van der Waals surface area contributed by atoms with Crippen LogP contribution in [0.25, 0.3) is 11.0 Å². The van der Waals surface area contributed by atoms with Gasteiger partial charge in [0.25, 0.3) is 0 Å². The van der Waals surface area contributed by atoms with Crippen LogP contribution in [0.4, 0.5) is 5.82 Å². The van der Waals surface area contributed by atoms with Crippen molar-refractivity contribution in [2.45, 2.75) is 39.8 Å². The van der Waals surface area contributed by atoms with Crippen molar-refractivity contribution in [1.82, 2.24) is 15.3 Å². The number of amides is 1. The van der Waals surface area contributed by atoms with Gasteiger partial charge in [-0.3, -0.25) is 4.79 Å². The molecule has 0 aliphatic carbocycles. The predicted molar refractivity (Wildman–Crippen MR) is 80.6 cm³/mol. The molecule has 0 radical (unpaired) electrons. The molecule has 1 aromatic heterocycles. The lowest BCUT2D eigenvalue weighted by Gasteiger charge is -2.17. The molecule has 5 nitrogen and oxygen atoms in total. The smallest absolute Gasteiger partial charge is 0.242 e. The number of nitrogens with zero attached hydrogens (tertiary/aromatic N) is 2. The number of fused-ring (bicyclic) bond motifs is 1. The fraction of sp³-hybridized carbons (Fsp3) is 0.400. The number of carbonyl (C=O) groups is 1. The second-order valence-corrected chi connectivity index (χ2v) is 5.18. The minimum absolute atomic E-state index is 0.0469. The molecule has 1 unspecified atom stereocenters. The van der Waals surface area contributed by atoms with Gasteiger partial charge in [0.2, 0.25) is 5.91 Å². The van der Waals surface area contributed by atoms with E-state index in [1.54, 1.807) is 0 Å². The Morgan fingerprint density at radius 1 is 1.10 bits per heavy atom. The topological polar surface area (TPSA) is 66.9 Å². The molecule has 106 valence electrons. The summed E-state index contributed by atoms with van der Waals surface area (Å²) in [7, 11) is 0. The number of hydrogen-bond acceptors (Lipinski definition) is 4. The summed E-state index contributed by atoms with van der Waals surface area (Å²) < 4.78 is 0. The van der Waals surface area contributed by atoms with Gasteiger partial charge in [-0.2, -0.15) is 0 Å². The number of rotatable bonds is 4. The van der Waals surface area contributed by atoms with Crippen LogP contribution in [-0.2, 0) is 4.79 Å². The lowest BCUT2D eigenvalue weighted by Crippen LogP contribution is -2.41. The highest BCUT2D eigenvalue weighted by atomic mass is 16.2. The molecule has 0 spiro atoms. The quantitative estimate of drug-likeness (QED) is 0.896. The zero-order chi connectivity index (χ0) is 14.7. The van der Waals surface area contributed by atoms with Crippen LogP contribution in [0.5, 0.6) is 0 Å². The van der Waals surface area contributed by atoms with Crippen molar-refractivity contribution in [2.75, 3.05) is 5.32 Å². The van der Waals surface area contributed by atoms with Gasteiger partial charge in [0, 0.05) is 6.04 Å². The first-order valence-electron chi connectivity index (χ1n) is 6.77. The Morgan fingerprint density at radius 3 is 2.30 bits per heavy atom. The summed E-state index contributed by atoms with van der Waals surface area (Å²) in [5.41, 5.74) is 2.46. The molecule has 5 heteroatoms. The Bertz CT molecular complexity index is 624. The van der Waals surface area contributed by atoms with Crippen LogP contribution in [0.1, 0.15) is 26.5 Å². The molecule has 1 atom stereocenters. The second kappa shape index (κ2) is 5.86. The zero-order valence-corrected chi connectivity index (χ0v) is 12.3. The van der Waals surface area contributed by atoms with Crippen molar-refractivity contribution in [3.63, 3.8) is 0 Å². The van der Waals surface area contributed by atoms with Crippen LogP contribution in [0.15, 0.2) is 24.3 Å². The van der Waals surface area contributed by atoms with Crippen LogP contribution < -0.4 is 10.6 Å². The molecule has 2 aromatic rings. The lowest BCUT2D eigenvalue weighted by atomic mass is 10.2. The van der Waals surface area contributed by atoms with Crippen molar-refractivity contribution in [2.24, 2.45) is 0 Å². The summed E-state index contributed by atoms with van der Waals surface area (Å²) in [6.07, 6.45) is 0. The number of hydrogen-bond donors (Lipinski definition) is 2. The van der Waals surface area contributed by atoms with E-state index in [4.69, 9.17) is 0 Å². The van der Waals surface area contributed by atoms with Gasteiger partial charge in [-0.1, -0.05) is 12.1 Å². The summed E-state index contributed by atoms with van der Waals surface area (Å²) >= 11 is 0. The Hall–Kier alpha value is -2.17. The number of nitrogens with one attached hydrogen (secondary N) is 2. The average Bonchev–Trinajstić information content (AvgIpc) is 2.38. The van der Waals surface area contributed by atoms with Gasteiger partial charge in [-0.25, -0.2) is 9.97 Å². The van der Waals surface area contributed by atoms with Crippen LogP contribution >= 0.6 is 0 Å². The predicted octanol–water partition coefficient (Wildman–Crippen LogP) is 2.26. The first-order chi connectivity index (χ1) is 9.47. The minimum Gasteiger partial charge on any atom is -0.357 e. The van der Waals surface area contributed by atoms with Crippen molar-refractivity contribution >= 4 is 22.8 Å². The second-order valence-electron chi connectivity index (χ2n) is 5.18. The van der Waals surface area contributed by atoms with Gasteiger partial charge in [0.1, 0.15) is 11.9 Å². The molecular weight excluding hydrogens is 252 g/mol. The summed E-state index contributed by atoms with van der Waals surface area (Å²) in [4.78, 5) is 20.9. The molecule has 0 aliphatic rings. The van der Waals surface area contributed by atoms with Crippen LogP contribution in [-0.4, -0.2) is 28.0 Å². The molecule has 20 heavy (non-hydrogen) atoms. The number of para-hydroxylation sites is 2. The molecular formula is C15H20N4O. The van der Waals surface area contributed by atoms with E-state index in [2.05, 4.69) is 20.6 Å². The number of anilines is 1. The first-order valence-corrected chi connectivity index (χ1v) is 6.77. The van der Waals surface area contributed by atoms with Crippen LogP contribution in [0.2, 0.25) is 0 Å². The van der Waals surface area contributed by atoms with E-state index in [0.29, 0.717) is 5.82 Å². The highest BCUT2D eigenvalue weighted by molar-refractivity contribution is 5.85. The molecule has 2 N–H and O–H groups in total. The van der Waals surface area contributed by atoms with E-state index in [9.17, 15) is 4.79 Å². The summed E-state index contributed by atoms with van der Waals surface area (Å²) in [6.45, 7) is 7.57. The first kappa shape index (κ1) is 14.2. The molecule has 0 saturated carbocycles. The highest BCUT2D eigenvalue weighted by Gasteiger charge is 2.15. The molecule has 0 saturated heterocycles. The van der Waals surface area contributed by atoms with Crippen molar-refractivity contribution < 1.29 is 4.79 Å². The Balaban J connectivity index is 2.20. The maximum absolute atomic E-state index is 11.9. The van der Waals surface area contributed by atoms with Crippen molar-refractivity contribution in [1.29, 1.82) is 0 Å². The van der Waals surface area contributed by atoms with Gasteiger partial charge in [0.15, 0.2) is 0 Å². The molecule has 0 bridgehead atoms. The molecule has 0 aliphatic heterocycles. The molecule has 0 fully saturated rings. The van der Waals surface area contributed by atoms with E-state index in [0.717, 1.165) is 16.7 Å². The molecule has 2 rings (SSSR count). The highest BCUT2D eigenvalue weighted by Crippen LogP contribution is 2.16. The van der Waals surface area contributed by atoms with Crippen LogP contribution in [0, 0.1) is 6.92 Å². The summed E-state index contributed by atoms with van der Waals surface area (Å²) in [5, 5.41) is 5.99. The SMILES string of the molecule is Cc1nc2ccccc2nc1NC(C)C(=O)NC(C)C. The van der Waals surface area contributed by atoms with E-state index in [1.807, 2.05) is 52.0 Å². The third-order valence-corrected chi connectivity index (χ3v) is 2.92. The maximum atomic E-state index is 11.9. The Labute approximate surface area is 118 Å². The molecule has 1 amide bonds. The summed E-state index contributed by atoms with van der Waals surface area (Å²) in [6, 6.07) is 7.45. The monoisotopic (exact) mass is 272 g/mol. The lowest BCUT2D eigenvalue weighted by molar-refractivity contribution is -0.122. The molecule has 1 aromatic carbocycles. The van der Waals surface area contributed by atoms with Gasteiger partial charge >= 0.3 is 0 Å². The fourth-order valence-electron chi connectivity index (χ4n) is 1.91. The summed E-state index contributed by atoms with van der Waals surface area (Å²) in [5.74, 6) is 0.601. The third kappa shape index (κ3) is 3.23. The van der Waals surface area contributed by atoms with Crippen molar-refractivity contribution in [3.05, 3.63) is 30.0 Å². The van der Waals surface area contributed by atoms with Gasteiger partial charge < -0.3 is 10.6 Å². The largest absolute Gasteiger partial charge is 0.357 e. The normalized spacial score (nSPS) is 12.4. The van der Waals surface area contributed by atoms with Crippen molar-refractivity contribution in [3.8, 4) is 0 Å². The van der Waals surface area contributed by atoms with Crippen LogP contribution in [0.3, 0.4) is 0 Å². The Kier molecular flexibility index (Phi) is 4.17. The van der Waals surface area contributed by atoms with Gasteiger partial charge in [0.05, 0.1) is 16.7 Å². The van der Waals surface area contributed by atoms with E-state index in [-0.39, 0.29) is 18.0 Å². The van der Waals surface area contributed by atoms with E-state index >= 15 is 0 Å². The molecule has 1 heterocycles. The van der Waals surface area contributed by atoms with E-state index in [1.165, 1.54) is 0 Å². The third-order valence-electron chi connectivity index (χ3n) is 2.92. The van der Waals surface area contributed by atoms with E-state index < -0.39 is 0 Å². The number of aryl methyl sites for hydroxylation is 1. The standard InChI is InChI=1S/C15H20N4O/c1-9(2)16-15(20)11(4)18-14-10(3)17-12-7-5-6-8-13(12)19-14/h5-9,11H,1-4H3,(H,16,20)(H,18,19). The maximum Gasteiger partial charge on any atom is 0.242 e. The van der Waals surface area contributed by atoms with Gasteiger partial charge in [-0.05, 0) is 39.8 Å². The number of aromatic nitrogens is 2. The minimum atomic E-state index is -0.355.